The fourth-order valence-corrected chi connectivity index (χ4v) is 3.07. The molecule has 1 aromatic carbocycles. The van der Waals surface area contributed by atoms with Gasteiger partial charge in [0.1, 0.15) is 6.34 Å². The smallest absolute Gasteiger partial charge is 0.102 e. The van der Waals surface area contributed by atoms with Gasteiger partial charge in [-0.25, -0.2) is 9.30 Å². The minimum atomic E-state index is 0.754. The molecule has 22 heavy (non-hydrogen) atoms. The van der Waals surface area contributed by atoms with Crippen molar-refractivity contribution in [3.8, 4) is 0 Å². The minimum absolute atomic E-state index is 0.754. The molecule has 3 nitrogen and oxygen atoms in total. The molecule has 1 aromatic rings. The van der Waals surface area contributed by atoms with E-state index in [1.807, 2.05) is 38.5 Å². The van der Waals surface area contributed by atoms with Crippen LogP contribution in [0.3, 0.4) is 0 Å². The lowest BCUT2D eigenvalue weighted by atomic mass is 10.2. The molecule has 5 heteroatoms. The van der Waals surface area contributed by atoms with E-state index in [9.17, 15) is 0 Å². The number of aryl methyl sites for hydroxylation is 1. The molecule has 1 rings (SSSR count). The third kappa shape index (κ3) is 7.52. The second-order valence-corrected chi connectivity index (χ2v) is 7.13. The highest BCUT2D eigenvalue weighted by Gasteiger charge is 2.07. The predicted octanol–water partition coefficient (Wildman–Crippen LogP) is 5.71. The number of benzene rings is 1. The van der Waals surface area contributed by atoms with Gasteiger partial charge in [0, 0.05) is 37.3 Å². The van der Waals surface area contributed by atoms with Crippen LogP contribution in [0.15, 0.2) is 23.2 Å². The predicted molar refractivity (Wildman–Crippen MR) is 101 cm³/mol. The summed E-state index contributed by atoms with van der Waals surface area (Å²) < 4.78 is 4.49. The van der Waals surface area contributed by atoms with Gasteiger partial charge in [-0.15, -0.1) is 0 Å². The fraction of sp³-hybridized carbons (Fsp3) is 0.588. The molecule has 0 N–H and O–H groups in total. The Balaban J connectivity index is 2.57. The van der Waals surface area contributed by atoms with Crippen LogP contribution < -0.4 is 0 Å². The zero-order chi connectivity index (χ0) is 16.4. The van der Waals surface area contributed by atoms with E-state index in [1.54, 1.807) is 12.1 Å². The number of aliphatic imine (C=N–C) groups is 1. The molecule has 0 aliphatic carbocycles. The van der Waals surface area contributed by atoms with E-state index in [1.165, 1.54) is 25.7 Å². The van der Waals surface area contributed by atoms with Gasteiger partial charge in [0.15, 0.2) is 0 Å². The standard InChI is InChI=1S/C17H28ClN3S/c1-5-7-11-21(12-8-6-2)22-20(4)14-19-17-10-9-16(18)13-15(17)3/h9-10,13-14H,5-8,11-12H2,1-4H3. The first-order valence-electron chi connectivity index (χ1n) is 8.03. The normalized spacial score (nSPS) is 11.5. The van der Waals surface area contributed by atoms with E-state index >= 15 is 0 Å². The molecular weight excluding hydrogens is 314 g/mol. The van der Waals surface area contributed by atoms with E-state index < -0.39 is 0 Å². The third-order valence-electron chi connectivity index (χ3n) is 3.28. The lowest BCUT2D eigenvalue weighted by Crippen LogP contribution is -2.24. The number of hydrogen-bond acceptors (Lipinski definition) is 3. The van der Waals surface area contributed by atoms with Gasteiger partial charge in [-0.1, -0.05) is 38.3 Å². The Bertz CT molecular complexity index is 457. The highest BCUT2D eigenvalue weighted by atomic mass is 35.5. The topological polar surface area (TPSA) is 18.8 Å². The second kappa shape index (κ2) is 10.9. The Morgan fingerprint density at radius 2 is 1.82 bits per heavy atom. The summed E-state index contributed by atoms with van der Waals surface area (Å²) in [4.78, 5) is 4.56. The molecule has 124 valence electrons. The van der Waals surface area contributed by atoms with Crippen LogP contribution in [0, 0.1) is 6.92 Å². The van der Waals surface area contributed by atoms with Gasteiger partial charge < -0.3 is 0 Å². The molecule has 0 saturated heterocycles. The van der Waals surface area contributed by atoms with Crippen LogP contribution in [0.2, 0.25) is 5.02 Å². The van der Waals surface area contributed by atoms with Crippen molar-refractivity contribution < 1.29 is 0 Å². The number of nitrogens with zero attached hydrogens (tertiary/aromatic N) is 3. The van der Waals surface area contributed by atoms with Crippen LogP contribution in [0.25, 0.3) is 0 Å². The van der Waals surface area contributed by atoms with Crippen molar-refractivity contribution in [1.29, 1.82) is 0 Å². The first-order valence-corrected chi connectivity index (χ1v) is 9.13. The summed E-state index contributed by atoms with van der Waals surface area (Å²) in [6.45, 7) is 8.74. The van der Waals surface area contributed by atoms with Crippen molar-refractivity contribution in [2.24, 2.45) is 4.99 Å². The molecule has 0 fully saturated rings. The maximum Gasteiger partial charge on any atom is 0.102 e. The van der Waals surface area contributed by atoms with Crippen LogP contribution in [0.1, 0.15) is 45.1 Å². The first kappa shape index (κ1) is 19.3. The summed E-state index contributed by atoms with van der Waals surface area (Å²) in [7, 11) is 2.05. The summed E-state index contributed by atoms with van der Waals surface area (Å²) in [5.41, 5.74) is 2.06. The number of unbranched alkanes of at least 4 members (excludes halogenated alkanes) is 2. The van der Waals surface area contributed by atoms with E-state index in [2.05, 4.69) is 27.5 Å². The number of rotatable bonds is 10. The van der Waals surface area contributed by atoms with Crippen LogP contribution >= 0.6 is 23.7 Å². The Morgan fingerprint density at radius 3 is 2.36 bits per heavy atom. The van der Waals surface area contributed by atoms with Gasteiger partial charge in [0.05, 0.1) is 5.69 Å². The third-order valence-corrected chi connectivity index (χ3v) is 4.47. The molecule has 0 spiro atoms. The molecule has 0 amide bonds. The molecule has 0 aliphatic heterocycles. The van der Waals surface area contributed by atoms with E-state index in [4.69, 9.17) is 11.6 Å². The largest absolute Gasteiger partial charge is 0.297 e. The fourth-order valence-electron chi connectivity index (χ4n) is 1.97. The Kier molecular flexibility index (Phi) is 9.60. The zero-order valence-electron chi connectivity index (χ0n) is 14.2. The summed E-state index contributed by atoms with van der Waals surface area (Å²) in [5.74, 6) is 0. The molecule has 0 radical (unpaired) electrons. The van der Waals surface area contributed by atoms with Gasteiger partial charge in [0.25, 0.3) is 0 Å². The minimum Gasteiger partial charge on any atom is -0.297 e. The average molecular weight is 342 g/mol. The van der Waals surface area contributed by atoms with Gasteiger partial charge in [0.2, 0.25) is 0 Å². The summed E-state index contributed by atoms with van der Waals surface area (Å²) in [6, 6.07) is 5.78. The monoisotopic (exact) mass is 341 g/mol. The molecule has 0 unspecified atom stereocenters. The quantitative estimate of drug-likeness (QED) is 0.309. The van der Waals surface area contributed by atoms with Crippen LogP contribution in [0.4, 0.5) is 5.69 Å². The summed E-state index contributed by atoms with van der Waals surface area (Å²) in [5, 5.41) is 0.754. The van der Waals surface area contributed by atoms with Gasteiger partial charge in [-0.2, -0.15) is 0 Å². The van der Waals surface area contributed by atoms with Crippen molar-refractivity contribution in [1.82, 2.24) is 8.61 Å². The van der Waals surface area contributed by atoms with E-state index in [0.717, 1.165) is 29.4 Å². The van der Waals surface area contributed by atoms with Crippen molar-refractivity contribution >= 4 is 35.8 Å². The Labute approximate surface area is 145 Å². The van der Waals surface area contributed by atoms with Crippen LogP contribution in [0.5, 0.6) is 0 Å². The number of halogens is 1. The summed E-state index contributed by atoms with van der Waals surface area (Å²) >= 11 is 7.72. The van der Waals surface area contributed by atoms with Crippen molar-refractivity contribution in [3.05, 3.63) is 28.8 Å². The maximum absolute atomic E-state index is 5.97. The van der Waals surface area contributed by atoms with Gasteiger partial charge >= 0.3 is 0 Å². The maximum atomic E-state index is 5.97. The van der Waals surface area contributed by atoms with Gasteiger partial charge in [-0.05, 0) is 43.5 Å². The van der Waals surface area contributed by atoms with Crippen molar-refractivity contribution in [2.75, 3.05) is 20.1 Å². The molecule has 0 atom stereocenters. The van der Waals surface area contributed by atoms with Crippen LogP contribution in [-0.4, -0.2) is 35.1 Å². The van der Waals surface area contributed by atoms with Gasteiger partial charge in [-0.3, -0.25) is 4.31 Å². The zero-order valence-corrected chi connectivity index (χ0v) is 15.8. The molecular formula is C17H28ClN3S. The molecule has 0 aromatic heterocycles. The molecule has 0 heterocycles. The average Bonchev–Trinajstić information content (AvgIpc) is 2.49. The van der Waals surface area contributed by atoms with E-state index in [-0.39, 0.29) is 0 Å². The lowest BCUT2D eigenvalue weighted by molar-refractivity contribution is 0.435. The molecule has 0 saturated carbocycles. The molecule has 0 bridgehead atoms. The SMILES string of the molecule is CCCCN(CCCC)SN(C)C=Nc1ccc(Cl)cc1C. The Hall–Kier alpha value is -0.710. The molecule has 0 aliphatic rings. The highest BCUT2D eigenvalue weighted by molar-refractivity contribution is 7.95. The van der Waals surface area contributed by atoms with E-state index in [0.29, 0.717) is 0 Å². The lowest BCUT2D eigenvalue weighted by Gasteiger charge is -2.24. The number of hydrogen-bond donors (Lipinski definition) is 0. The first-order chi connectivity index (χ1) is 10.6. The summed E-state index contributed by atoms with van der Waals surface area (Å²) in [6.07, 6.45) is 6.80. The highest BCUT2D eigenvalue weighted by Crippen LogP contribution is 2.22. The van der Waals surface area contributed by atoms with Crippen molar-refractivity contribution in [2.45, 2.75) is 46.5 Å². The van der Waals surface area contributed by atoms with Crippen molar-refractivity contribution in [3.63, 3.8) is 0 Å². The second-order valence-electron chi connectivity index (χ2n) is 5.44. The Morgan fingerprint density at radius 1 is 1.18 bits per heavy atom. The van der Waals surface area contributed by atoms with Crippen LogP contribution in [-0.2, 0) is 0 Å².